The Morgan fingerprint density at radius 1 is 0.756 bits per heavy atom. The minimum absolute atomic E-state index is 0.0614. The summed E-state index contributed by atoms with van der Waals surface area (Å²) in [6.45, 7) is 17.7. The van der Waals surface area contributed by atoms with Crippen LogP contribution in [0.5, 0.6) is 11.5 Å². The van der Waals surface area contributed by atoms with Crippen molar-refractivity contribution in [2.45, 2.75) is 81.2 Å². The third-order valence-corrected chi connectivity index (χ3v) is 5.00. The van der Waals surface area contributed by atoms with E-state index in [-0.39, 0.29) is 72.9 Å². The summed E-state index contributed by atoms with van der Waals surface area (Å²) in [7, 11) is 1.26. The number of hydrogen-bond acceptors (Lipinski definition) is 11. The Bertz CT molecular complexity index is 1030. The third kappa shape index (κ3) is 16.5. The summed E-state index contributed by atoms with van der Waals surface area (Å²) in [4.78, 5) is 49.1. The third-order valence-electron chi connectivity index (χ3n) is 5.00. The topological polar surface area (TPSA) is 136 Å². The molecular weight excluding hydrogens is 534 g/mol. The number of carbonyl (C=O) groups excluding carboxylic acids is 4. The van der Waals surface area contributed by atoms with Gasteiger partial charge in [-0.3, -0.25) is 9.59 Å². The first-order chi connectivity index (χ1) is 18.8. The molecule has 0 aromatic heterocycles. The Hall–Kier alpha value is -3.34. The number of nitrogens with one attached hydrogen (secondary N) is 1. The molecular formula is C30H47NO10. The van der Waals surface area contributed by atoms with Crippen molar-refractivity contribution >= 4 is 24.2 Å². The number of ether oxygens (including phenoxy) is 6. The van der Waals surface area contributed by atoms with E-state index in [2.05, 4.69) is 5.32 Å². The molecule has 0 aliphatic carbocycles. The van der Waals surface area contributed by atoms with Crippen LogP contribution in [0.4, 0.5) is 9.59 Å². The standard InChI is InChI=1S/C30H47NO10/c1-28(2,3)17-24(32)37-14-13-31-21(25(33)36-10)15-20-11-12-22(40-26(34)38-18-29(4,5)6)23(16-20)41-27(35)39-19-30(7,8)9/h11-12,16,21,31H,13-15,17-19H2,1-10H3/t21-/m0/s1. The zero-order valence-corrected chi connectivity index (χ0v) is 26.1. The van der Waals surface area contributed by atoms with Crippen LogP contribution < -0.4 is 14.8 Å². The van der Waals surface area contributed by atoms with Crippen LogP contribution >= 0.6 is 0 Å². The van der Waals surface area contributed by atoms with Gasteiger partial charge in [-0.15, -0.1) is 0 Å². The van der Waals surface area contributed by atoms with Crippen molar-refractivity contribution in [3.8, 4) is 11.5 Å². The largest absolute Gasteiger partial charge is 0.513 e. The van der Waals surface area contributed by atoms with Gasteiger partial charge in [-0.05, 0) is 40.4 Å². The van der Waals surface area contributed by atoms with Crippen molar-refractivity contribution in [3.63, 3.8) is 0 Å². The molecule has 0 aliphatic rings. The van der Waals surface area contributed by atoms with Gasteiger partial charge >= 0.3 is 24.2 Å². The fourth-order valence-electron chi connectivity index (χ4n) is 3.13. The van der Waals surface area contributed by atoms with Gasteiger partial charge in [0, 0.05) is 6.54 Å². The lowest BCUT2D eigenvalue weighted by Crippen LogP contribution is -2.41. The summed E-state index contributed by atoms with van der Waals surface area (Å²) < 4.78 is 31.2. The van der Waals surface area contributed by atoms with Gasteiger partial charge in [-0.2, -0.15) is 0 Å². The fourth-order valence-corrected chi connectivity index (χ4v) is 3.13. The van der Waals surface area contributed by atoms with Gasteiger partial charge in [0.2, 0.25) is 0 Å². The number of hydrogen-bond donors (Lipinski definition) is 1. The number of esters is 2. The summed E-state index contributed by atoms with van der Waals surface area (Å²) >= 11 is 0. The van der Waals surface area contributed by atoms with E-state index in [0.717, 1.165) is 0 Å². The van der Waals surface area contributed by atoms with Crippen molar-refractivity contribution in [3.05, 3.63) is 23.8 Å². The molecule has 1 N–H and O–H groups in total. The van der Waals surface area contributed by atoms with E-state index < -0.39 is 24.3 Å². The molecule has 1 aromatic carbocycles. The molecule has 1 atom stereocenters. The van der Waals surface area contributed by atoms with Crippen LogP contribution in [-0.4, -0.2) is 63.8 Å². The summed E-state index contributed by atoms with van der Waals surface area (Å²) in [5, 5.41) is 3.02. The molecule has 1 rings (SSSR count). The summed E-state index contributed by atoms with van der Waals surface area (Å²) in [6.07, 6.45) is -1.54. The van der Waals surface area contributed by atoms with Gasteiger partial charge < -0.3 is 33.7 Å². The first kappa shape index (κ1) is 35.7. The molecule has 0 radical (unpaired) electrons. The van der Waals surface area contributed by atoms with E-state index >= 15 is 0 Å². The molecule has 0 heterocycles. The molecule has 232 valence electrons. The normalized spacial score (nSPS) is 12.6. The van der Waals surface area contributed by atoms with Gasteiger partial charge in [0.05, 0.1) is 26.7 Å². The maximum Gasteiger partial charge on any atom is 0.513 e. The predicted molar refractivity (Wildman–Crippen MR) is 152 cm³/mol. The molecule has 0 fully saturated rings. The van der Waals surface area contributed by atoms with Crippen molar-refractivity contribution in [2.75, 3.05) is 33.5 Å². The van der Waals surface area contributed by atoms with E-state index in [1.54, 1.807) is 6.07 Å². The van der Waals surface area contributed by atoms with Crippen LogP contribution in [0.2, 0.25) is 0 Å². The highest BCUT2D eigenvalue weighted by Crippen LogP contribution is 2.30. The summed E-state index contributed by atoms with van der Waals surface area (Å²) in [5.41, 5.74) is -0.208. The zero-order valence-electron chi connectivity index (χ0n) is 26.1. The Balaban J connectivity index is 3.03. The second-order valence-corrected chi connectivity index (χ2v) is 13.4. The highest BCUT2D eigenvalue weighted by molar-refractivity contribution is 5.76. The Morgan fingerprint density at radius 3 is 1.78 bits per heavy atom. The number of benzene rings is 1. The molecule has 41 heavy (non-hydrogen) atoms. The van der Waals surface area contributed by atoms with Gasteiger partial charge in [0.25, 0.3) is 0 Å². The molecule has 0 saturated heterocycles. The molecule has 1 aromatic rings. The quantitative estimate of drug-likeness (QED) is 0.146. The minimum atomic E-state index is -0.982. The maximum atomic E-state index is 12.5. The Labute approximate surface area is 243 Å². The van der Waals surface area contributed by atoms with Gasteiger partial charge in [0.15, 0.2) is 11.5 Å². The zero-order chi connectivity index (χ0) is 31.4. The number of carbonyl (C=O) groups is 4. The smallest absolute Gasteiger partial charge is 0.468 e. The Kier molecular flexibility index (Phi) is 13.6. The molecule has 0 spiro atoms. The molecule has 0 bridgehead atoms. The van der Waals surface area contributed by atoms with E-state index in [0.29, 0.717) is 5.56 Å². The molecule has 11 nitrogen and oxygen atoms in total. The molecule has 0 amide bonds. The van der Waals surface area contributed by atoms with Crippen LogP contribution in [0.3, 0.4) is 0 Å². The van der Waals surface area contributed by atoms with Crippen molar-refractivity contribution in [1.29, 1.82) is 0 Å². The lowest BCUT2D eigenvalue weighted by Gasteiger charge is -2.20. The van der Waals surface area contributed by atoms with E-state index in [4.69, 9.17) is 28.4 Å². The first-order valence-electron chi connectivity index (χ1n) is 13.6. The van der Waals surface area contributed by atoms with Crippen molar-refractivity contribution in [1.82, 2.24) is 5.32 Å². The van der Waals surface area contributed by atoms with E-state index in [1.165, 1.54) is 19.2 Å². The van der Waals surface area contributed by atoms with Crippen LogP contribution in [-0.2, 0) is 35.0 Å². The number of methoxy groups -OCH3 is 1. The molecule has 0 aliphatic heterocycles. The fraction of sp³-hybridized carbons (Fsp3) is 0.667. The molecule has 0 unspecified atom stereocenters. The van der Waals surface area contributed by atoms with Crippen LogP contribution in [0, 0.1) is 16.2 Å². The van der Waals surface area contributed by atoms with Crippen molar-refractivity contribution in [2.24, 2.45) is 16.2 Å². The maximum absolute atomic E-state index is 12.5. The molecule has 11 heteroatoms. The average molecular weight is 582 g/mol. The Morgan fingerprint density at radius 2 is 1.29 bits per heavy atom. The highest BCUT2D eigenvalue weighted by atomic mass is 16.7. The molecule has 0 saturated carbocycles. The summed E-state index contributed by atoms with van der Waals surface area (Å²) in [5.74, 6) is -1.02. The second-order valence-electron chi connectivity index (χ2n) is 13.4. The summed E-state index contributed by atoms with van der Waals surface area (Å²) in [6, 6.07) is 3.71. The van der Waals surface area contributed by atoms with Gasteiger partial charge in [-0.25, -0.2) is 9.59 Å². The van der Waals surface area contributed by atoms with Gasteiger partial charge in [0.1, 0.15) is 12.6 Å². The van der Waals surface area contributed by atoms with Crippen LogP contribution in [0.1, 0.15) is 74.3 Å². The lowest BCUT2D eigenvalue weighted by molar-refractivity contribution is -0.145. The van der Waals surface area contributed by atoms with Gasteiger partial charge in [-0.1, -0.05) is 68.4 Å². The predicted octanol–water partition coefficient (Wildman–Crippen LogP) is 5.46. The highest BCUT2D eigenvalue weighted by Gasteiger charge is 2.24. The number of rotatable bonds is 12. The van der Waals surface area contributed by atoms with Crippen LogP contribution in [0.25, 0.3) is 0 Å². The first-order valence-corrected chi connectivity index (χ1v) is 13.6. The monoisotopic (exact) mass is 581 g/mol. The SMILES string of the molecule is COC(=O)[C@H](Cc1ccc(OC(=O)OCC(C)(C)C)c(OC(=O)OCC(C)(C)C)c1)NCCOC(=O)CC(C)(C)C. The average Bonchev–Trinajstić information content (AvgIpc) is 2.82. The lowest BCUT2D eigenvalue weighted by atomic mass is 9.93. The van der Waals surface area contributed by atoms with E-state index in [1.807, 2.05) is 62.3 Å². The minimum Gasteiger partial charge on any atom is -0.468 e. The van der Waals surface area contributed by atoms with Crippen molar-refractivity contribution < 1.29 is 47.6 Å². The second kappa shape index (κ2) is 15.6. The van der Waals surface area contributed by atoms with Crippen LogP contribution in [0.15, 0.2) is 18.2 Å². The van der Waals surface area contributed by atoms with E-state index in [9.17, 15) is 19.2 Å².